The molecular formula is C15H27N3O3S. The molecule has 1 N–H and O–H groups in total. The number of unbranched alkanes of at least 4 members (excludes halogenated alkanes) is 1. The van der Waals surface area contributed by atoms with E-state index in [1.54, 1.807) is 13.3 Å². The first-order chi connectivity index (χ1) is 10.5. The maximum absolute atomic E-state index is 12.3. The molecule has 1 aliphatic heterocycles. The Balaban J connectivity index is 1.99. The second kappa shape index (κ2) is 8.10. The SMILES string of the molecule is CCCCN(C)S(=O)(=O)NC[C@@H](c1ccco1)N1CCCC1. The van der Waals surface area contributed by atoms with Crippen LogP contribution in [0, 0.1) is 0 Å². The van der Waals surface area contributed by atoms with Crippen LogP contribution in [0.5, 0.6) is 0 Å². The van der Waals surface area contributed by atoms with Gasteiger partial charge in [0.15, 0.2) is 0 Å². The minimum atomic E-state index is -3.43. The maximum atomic E-state index is 12.3. The topological polar surface area (TPSA) is 65.8 Å². The lowest BCUT2D eigenvalue weighted by Gasteiger charge is -2.27. The van der Waals surface area contributed by atoms with E-state index in [1.165, 1.54) is 4.31 Å². The van der Waals surface area contributed by atoms with Crippen molar-refractivity contribution in [1.82, 2.24) is 13.9 Å². The summed E-state index contributed by atoms with van der Waals surface area (Å²) in [6.45, 7) is 4.90. The van der Waals surface area contributed by atoms with Gasteiger partial charge in [-0.25, -0.2) is 4.72 Å². The lowest BCUT2D eigenvalue weighted by atomic mass is 10.2. The molecule has 126 valence electrons. The highest BCUT2D eigenvalue weighted by Crippen LogP contribution is 2.25. The molecule has 1 aromatic rings. The van der Waals surface area contributed by atoms with Crippen molar-refractivity contribution in [3.8, 4) is 0 Å². The summed E-state index contributed by atoms with van der Waals surface area (Å²) in [6, 6.07) is 3.73. The molecule has 1 aliphatic rings. The first kappa shape index (κ1) is 17.5. The molecule has 22 heavy (non-hydrogen) atoms. The molecule has 0 spiro atoms. The minimum Gasteiger partial charge on any atom is -0.468 e. The van der Waals surface area contributed by atoms with E-state index in [-0.39, 0.29) is 6.04 Å². The first-order valence-electron chi connectivity index (χ1n) is 8.03. The van der Waals surface area contributed by atoms with E-state index in [0.29, 0.717) is 13.1 Å². The van der Waals surface area contributed by atoms with E-state index in [4.69, 9.17) is 4.42 Å². The number of likely N-dealkylation sites (tertiary alicyclic amines) is 1. The van der Waals surface area contributed by atoms with Crippen LogP contribution in [-0.2, 0) is 10.2 Å². The summed E-state index contributed by atoms with van der Waals surface area (Å²) in [6.07, 6.45) is 5.79. The maximum Gasteiger partial charge on any atom is 0.279 e. The van der Waals surface area contributed by atoms with Crippen molar-refractivity contribution >= 4 is 10.2 Å². The molecule has 7 heteroatoms. The Morgan fingerprint density at radius 1 is 1.41 bits per heavy atom. The van der Waals surface area contributed by atoms with E-state index < -0.39 is 10.2 Å². The molecule has 2 rings (SSSR count). The molecule has 1 saturated heterocycles. The fourth-order valence-corrected chi connectivity index (χ4v) is 3.70. The summed E-state index contributed by atoms with van der Waals surface area (Å²) in [7, 11) is -1.81. The van der Waals surface area contributed by atoms with Gasteiger partial charge in [0, 0.05) is 20.1 Å². The summed E-state index contributed by atoms with van der Waals surface area (Å²) in [4.78, 5) is 2.29. The van der Waals surface area contributed by atoms with Crippen molar-refractivity contribution in [3.63, 3.8) is 0 Å². The Morgan fingerprint density at radius 3 is 2.73 bits per heavy atom. The van der Waals surface area contributed by atoms with Gasteiger partial charge in [-0.2, -0.15) is 12.7 Å². The zero-order valence-electron chi connectivity index (χ0n) is 13.5. The van der Waals surface area contributed by atoms with Gasteiger partial charge >= 0.3 is 0 Å². The van der Waals surface area contributed by atoms with Crippen LogP contribution in [0.4, 0.5) is 0 Å². The van der Waals surface area contributed by atoms with Crippen LogP contribution in [0.3, 0.4) is 0 Å². The second-order valence-corrected chi connectivity index (χ2v) is 7.67. The lowest BCUT2D eigenvalue weighted by molar-refractivity contribution is 0.215. The van der Waals surface area contributed by atoms with Crippen molar-refractivity contribution in [1.29, 1.82) is 0 Å². The fourth-order valence-electron chi connectivity index (χ4n) is 2.74. The molecule has 1 aromatic heterocycles. The number of rotatable bonds is 9. The van der Waals surface area contributed by atoms with Crippen LogP contribution in [0.1, 0.15) is 44.4 Å². The quantitative estimate of drug-likeness (QED) is 0.752. The lowest BCUT2D eigenvalue weighted by Crippen LogP contribution is -2.43. The summed E-state index contributed by atoms with van der Waals surface area (Å²) in [5.41, 5.74) is 0. The molecule has 0 saturated carbocycles. The number of hydrogen-bond donors (Lipinski definition) is 1. The molecule has 1 atom stereocenters. The molecule has 0 aromatic carbocycles. The largest absolute Gasteiger partial charge is 0.468 e. The number of furan rings is 1. The molecule has 6 nitrogen and oxygen atoms in total. The summed E-state index contributed by atoms with van der Waals surface area (Å²) < 4.78 is 34.2. The number of nitrogens with zero attached hydrogens (tertiary/aromatic N) is 2. The first-order valence-corrected chi connectivity index (χ1v) is 9.47. The zero-order valence-corrected chi connectivity index (χ0v) is 14.3. The minimum absolute atomic E-state index is 0.0353. The van der Waals surface area contributed by atoms with Crippen molar-refractivity contribution in [2.24, 2.45) is 0 Å². The summed E-state index contributed by atoms with van der Waals surface area (Å²) in [5.74, 6) is 0.820. The van der Waals surface area contributed by atoms with E-state index in [0.717, 1.165) is 44.5 Å². The average Bonchev–Trinajstić information content (AvgIpc) is 3.18. The zero-order chi connectivity index (χ0) is 16.0. The molecule has 0 amide bonds. The van der Waals surface area contributed by atoms with Gasteiger partial charge in [0.1, 0.15) is 5.76 Å². The van der Waals surface area contributed by atoms with Crippen LogP contribution in [0.15, 0.2) is 22.8 Å². The Bertz CT molecular complexity index is 524. The Kier molecular flexibility index (Phi) is 6.43. The normalized spacial score (nSPS) is 18.1. The third-order valence-electron chi connectivity index (χ3n) is 4.15. The molecule has 0 aliphatic carbocycles. The molecule has 1 fully saturated rings. The third-order valence-corrected chi connectivity index (χ3v) is 5.68. The molecule has 0 unspecified atom stereocenters. The van der Waals surface area contributed by atoms with Crippen molar-refractivity contribution in [2.75, 3.05) is 33.2 Å². The summed E-state index contributed by atoms with van der Waals surface area (Å²) in [5, 5.41) is 0. The molecule has 0 radical (unpaired) electrons. The van der Waals surface area contributed by atoms with Crippen molar-refractivity contribution in [3.05, 3.63) is 24.2 Å². The Morgan fingerprint density at radius 2 is 2.14 bits per heavy atom. The van der Waals surface area contributed by atoms with E-state index in [2.05, 4.69) is 9.62 Å². The number of hydrogen-bond acceptors (Lipinski definition) is 4. The predicted octanol–water partition coefficient (Wildman–Crippen LogP) is 1.98. The van der Waals surface area contributed by atoms with E-state index >= 15 is 0 Å². The standard InChI is InChI=1S/C15H27N3O3S/c1-3-4-9-17(2)22(19,20)16-13-14(15-8-7-12-21-15)18-10-5-6-11-18/h7-8,12,14,16H,3-6,9-11,13H2,1-2H3/t14-/m0/s1. The fraction of sp³-hybridized carbons (Fsp3) is 0.733. The molecule has 0 bridgehead atoms. The smallest absolute Gasteiger partial charge is 0.279 e. The Hall–Kier alpha value is -0.890. The van der Waals surface area contributed by atoms with Gasteiger partial charge in [-0.3, -0.25) is 4.90 Å². The highest BCUT2D eigenvalue weighted by atomic mass is 32.2. The predicted molar refractivity (Wildman–Crippen MR) is 86.7 cm³/mol. The van der Waals surface area contributed by atoms with Crippen molar-refractivity contribution < 1.29 is 12.8 Å². The van der Waals surface area contributed by atoms with Crippen LogP contribution >= 0.6 is 0 Å². The van der Waals surface area contributed by atoms with Crippen molar-refractivity contribution in [2.45, 2.75) is 38.6 Å². The molecular weight excluding hydrogens is 302 g/mol. The Labute approximate surface area is 133 Å². The van der Waals surface area contributed by atoms with Gasteiger partial charge < -0.3 is 4.42 Å². The van der Waals surface area contributed by atoms with Gasteiger partial charge in [0.05, 0.1) is 12.3 Å². The van der Waals surface area contributed by atoms with E-state index in [1.807, 2.05) is 19.1 Å². The van der Waals surface area contributed by atoms with Crippen LogP contribution in [0.2, 0.25) is 0 Å². The van der Waals surface area contributed by atoms with Gasteiger partial charge in [-0.05, 0) is 44.5 Å². The van der Waals surface area contributed by atoms with Crippen LogP contribution < -0.4 is 4.72 Å². The highest BCUT2D eigenvalue weighted by molar-refractivity contribution is 7.87. The molecule has 2 heterocycles. The van der Waals surface area contributed by atoms with Gasteiger partial charge in [-0.1, -0.05) is 13.3 Å². The second-order valence-electron chi connectivity index (χ2n) is 5.80. The highest BCUT2D eigenvalue weighted by Gasteiger charge is 2.27. The monoisotopic (exact) mass is 329 g/mol. The van der Waals surface area contributed by atoms with Gasteiger partial charge in [0.2, 0.25) is 0 Å². The van der Waals surface area contributed by atoms with Crippen LogP contribution in [-0.4, -0.2) is 50.8 Å². The summed E-state index contributed by atoms with van der Waals surface area (Å²) >= 11 is 0. The van der Waals surface area contributed by atoms with Crippen LogP contribution in [0.25, 0.3) is 0 Å². The average molecular weight is 329 g/mol. The van der Waals surface area contributed by atoms with E-state index in [9.17, 15) is 8.42 Å². The third kappa shape index (κ3) is 4.55. The van der Waals surface area contributed by atoms with Gasteiger partial charge in [-0.15, -0.1) is 0 Å². The van der Waals surface area contributed by atoms with Gasteiger partial charge in [0.25, 0.3) is 10.2 Å². The number of nitrogens with one attached hydrogen (secondary N) is 1.